The molecule has 0 bridgehead atoms. The Bertz CT molecular complexity index is 677. The molecule has 20 heavy (non-hydrogen) atoms. The van der Waals surface area contributed by atoms with Crippen molar-refractivity contribution in [3.63, 3.8) is 0 Å². The Morgan fingerprint density at radius 3 is 2.60 bits per heavy atom. The Balaban J connectivity index is 1.97. The zero-order valence-electron chi connectivity index (χ0n) is 11.4. The molecule has 0 N–H and O–H groups in total. The van der Waals surface area contributed by atoms with Crippen LogP contribution in [0.25, 0.3) is 0 Å². The van der Waals surface area contributed by atoms with Crippen LogP contribution in [0.15, 0.2) is 48.5 Å². The number of carbonyl (C=O) groups excluding carboxylic acids is 1. The molecule has 2 aliphatic heterocycles. The quantitative estimate of drug-likeness (QED) is 0.707. The van der Waals surface area contributed by atoms with E-state index >= 15 is 0 Å². The summed E-state index contributed by atoms with van der Waals surface area (Å²) in [5.41, 5.74) is 5.06. The number of rotatable bonds is 0. The van der Waals surface area contributed by atoms with Gasteiger partial charge in [-0.05, 0) is 42.0 Å². The van der Waals surface area contributed by atoms with Crippen LogP contribution in [0.1, 0.15) is 42.0 Å². The van der Waals surface area contributed by atoms with E-state index < -0.39 is 0 Å². The predicted molar refractivity (Wildman–Crippen MR) is 79.8 cm³/mol. The summed E-state index contributed by atoms with van der Waals surface area (Å²) in [4.78, 5) is 14.5. The lowest BCUT2D eigenvalue weighted by Gasteiger charge is -2.36. The third kappa shape index (κ3) is 1.68. The van der Waals surface area contributed by atoms with Gasteiger partial charge < -0.3 is 4.90 Å². The van der Waals surface area contributed by atoms with E-state index in [1.165, 1.54) is 16.7 Å². The number of fused-ring (bicyclic) bond motifs is 5. The number of carbonyl (C=O) groups is 1. The van der Waals surface area contributed by atoms with Gasteiger partial charge in [0.25, 0.3) is 0 Å². The van der Waals surface area contributed by atoms with Gasteiger partial charge >= 0.3 is 0 Å². The first-order chi connectivity index (χ1) is 9.84. The van der Waals surface area contributed by atoms with Crippen LogP contribution in [0.5, 0.6) is 0 Å². The number of para-hydroxylation sites is 1. The standard InChI is InChI=1S/C18H17NO/c20-18-11-5-10-17-15-8-3-1-6-13(15)12-14-7-2-4-9-16(14)19(17)18/h1-4,6-9,17H,5,10-12H2. The molecule has 2 aromatic carbocycles. The normalized spacial score (nSPS) is 20.7. The van der Waals surface area contributed by atoms with Gasteiger partial charge in [-0.1, -0.05) is 42.5 Å². The topological polar surface area (TPSA) is 20.3 Å². The van der Waals surface area contributed by atoms with Crippen LogP contribution in [0.3, 0.4) is 0 Å². The fraction of sp³-hybridized carbons (Fsp3) is 0.278. The Labute approximate surface area is 119 Å². The second-order valence-electron chi connectivity index (χ2n) is 5.68. The average molecular weight is 263 g/mol. The van der Waals surface area contributed by atoms with Crippen molar-refractivity contribution in [2.24, 2.45) is 0 Å². The van der Waals surface area contributed by atoms with E-state index in [2.05, 4.69) is 42.5 Å². The van der Waals surface area contributed by atoms with Gasteiger partial charge in [-0.3, -0.25) is 4.79 Å². The molecule has 2 nitrogen and oxygen atoms in total. The number of benzene rings is 2. The van der Waals surface area contributed by atoms with Crippen LogP contribution in [0.4, 0.5) is 5.69 Å². The number of hydrogen-bond donors (Lipinski definition) is 0. The minimum atomic E-state index is 0.219. The minimum Gasteiger partial charge on any atom is -0.305 e. The largest absolute Gasteiger partial charge is 0.305 e. The van der Waals surface area contributed by atoms with Gasteiger partial charge in [-0.2, -0.15) is 0 Å². The van der Waals surface area contributed by atoms with Crippen LogP contribution in [-0.2, 0) is 11.2 Å². The van der Waals surface area contributed by atoms with Gasteiger partial charge in [-0.15, -0.1) is 0 Å². The van der Waals surface area contributed by atoms with Crippen LogP contribution in [0, 0.1) is 0 Å². The molecule has 0 spiro atoms. The number of amides is 1. The molecule has 0 saturated carbocycles. The number of nitrogens with zero attached hydrogens (tertiary/aromatic N) is 1. The summed E-state index contributed by atoms with van der Waals surface area (Å²) in [6, 6.07) is 17.1. The second-order valence-corrected chi connectivity index (χ2v) is 5.68. The van der Waals surface area contributed by atoms with E-state index in [9.17, 15) is 4.79 Å². The Morgan fingerprint density at radius 2 is 1.70 bits per heavy atom. The van der Waals surface area contributed by atoms with E-state index in [0.29, 0.717) is 6.42 Å². The summed E-state index contributed by atoms with van der Waals surface area (Å²) in [7, 11) is 0. The molecule has 1 saturated heterocycles. The highest BCUT2D eigenvalue weighted by atomic mass is 16.2. The highest BCUT2D eigenvalue weighted by molar-refractivity contribution is 5.96. The minimum absolute atomic E-state index is 0.219. The lowest BCUT2D eigenvalue weighted by Crippen LogP contribution is -2.38. The van der Waals surface area contributed by atoms with Crippen molar-refractivity contribution < 1.29 is 4.79 Å². The summed E-state index contributed by atoms with van der Waals surface area (Å²) in [5.74, 6) is 0.269. The summed E-state index contributed by atoms with van der Waals surface area (Å²) in [5, 5.41) is 0. The maximum Gasteiger partial charge on any atom is 0.227 e. The van der Waals surface area contributed by atoms with Gasteiger partial charge in [0, 0.05) is 12.1 Å². The van der Waals surface area contributed by atoms with Crippen LogP contribution in [0.2, 0.25) is 0 Å². The van der Waals surface area contributed by atoms with Crippen molar-refractivity contribution in [3.8, 4) is 0 Å². The first-order valence-electron chi connectivity index (χ1n) is 7.32. The highest BCUT2D eigenvalue weighted by Crippen LogP contribution is 2.42. The van der Waals surface area contributed by atoms with Crippen molar-refractivity contribution in [3.05, 3.63) is 65.2 Å². The lowest BCUT2D eigenvalue weighted by molar-refractivity contribution is -0.120. The first-order valence-corrected chi connectivity index (χ1v) is 7.32. The van der Waals surface area contributed by atoms with Gasteiger partial charge in [-0.25, -0.2) is 0 Å². The van der Waals surface area contributed by atoms with E-state index in [0.717, 1.165) is 24.9 Å². The van der Waals surface area contributed by atoms with Gasteiger partial charge in [0.1, 0.15) is 0 Å². The SMILES string of the molecule is O=C1CCCC2c3ccccc3Cc3ccccc3N12. The first kappa shape index (κ1) is 11.7. The van der Waals surface area contributed by atoms with Crippen molar-refractivity contribution in [2.75, 3.05) is 4.90 Å². The molecule has 0 aromatic heterocycles. The third-order valence-electron chi connectivity index (χ3n) is 4.49. The van der Waals surface area contributed by atoms with Gasteiger partial charge in [0.15, 0.2) is 0 Å². The molecule has 1 unspecified atom stereocenters. The molecule has 2 heterocycles. The number of hydrogen-bond acceptors (Lipinski definition) is 1. The maximum atomic E-state index is 12.5. The van der Waals surface area contributed by atoms with E-state index in [1.54, 1.807) is 0 Å². The Hall–Kier alpha value is -2.09. The summed E-state index contributed by atoms with van der Waals surface area (Å²) < 4.78 is 0. The molecule has 100 valence electrons. The van der Waals surface area contributed by atoms with E-state index in [4.69, 9.17) is 0 Å². The Kier molecular flexibility index (Phi) is 2.62. The highest BCUT2D eigenvalue weighted by Gasteiger charge is 2.34. The van der Waals surface area contributed by atoms with E-state index in [1.807, 2.05) is 11.0 Å². The molecule has 2 aromatic rings. The molecule has 2 aliphatic rings. The van der Waals surface area contributed by atoms with Crippen molar-refractivity contribution in [1.82, 2.24) is 0 Å². The molecule has 1 amide bonds. The maximum absolute atomic E-state index is 12.5. The molecule has 0 radical (unpaired) electrons. The summed E-state index contributed by atoms with van der Waals surface area (Å²) in [6.07, 6.45) is 3.66. The fourth-order valence-electron chi connectivity index (χ4n) is 3.59. The molecule has 1 atom stereocenters. The smallest absolute Gasteiger partial charge is 0.227 e. The zero-order chi connectivity index (χ0) is 13.5. The molecule has 4 rings (SSSR count). The predicted octanol–water partition coefficient (Wildman–Crippen LogP) is 3.85. The van der Waals surface area contributed by atoms with Crippen molar-refractivity contribution in [1.29, 1.82) is 0 Å². The van der Waals surface area contributed by atoms with E-state index in [-0.39, 0.29) is 11.9 Å². The molecule has 1 fully saturated rings. The number of piperidine rings is 1. The van der Waals surface area contributed by atoms with Gasteiger partial charge in [0.2, 0.25) is 5.91 Å². The van der Waals surface area contributed by atoms with Crippen LogP contribution in [-0.4, -0.2) is 5.91 Å². The van der Waals surface area contributed by atoms with Crippen molar-refractivity contribution in [2.45, 2.75) is 31.7 Å². The van der Waals surface area contributed by atoms with Crippen molar-refractivity contribution >= 4 is 11.6 Å². The monoisotopic (exact) mass is 263 g/mol. The molecule has 2 heteroatoms. The molecule has 0 aliphatic carbocycles. The van der Waals surface area contributed by atoms with Crippen LogP contribution < -0.4 is 4.90 Å². The second kappa shape index (κ2) is 4.48. The fourth-order valence-corrected chi connectivity index (χ4v) is 3.59. The molecular weight excluding hydrogens is 246 g/mol. The average Bonchev–Trinajstić information content (AvgIpc) is 2.62. The zero-order valence-corrected chi connectivity index (χ0v) is 11.4. The number of anilines is 1. The summed E-state index contributed by atoms with van der Waals surface area (Å²) in [6.45, 7) is 0. The third-order valence-corrected chi connectivity index (χ3v) is 4.49. The summed E-state index contributed by atoms with van der Waals surface area (Å²) >= 11 is 0. The molecular formula is C18H17NO. The lowest BCUT2D eigenvalue weighted by atomic mass is 9.92. The van der Waals surface area contributed by atoms with Gasteiger partial charge in [0.05, 0.1) is 6.04 Å². The van der Waals surface area contributed by atoms with Crippen LogP contribution >= 0.6 is 0 Å². The Morgan fingerprint density at radius 1 is 0.950 bits per heavy atom.